The van der Waals surface area contributed by atoms with Gasteiger partial charge in [0.15, 0.2) is 4.34 Å². The number of ketones is 1. The average Bonchev–Trinajstić information content (AvgIpc) is 3.61. The number of rotatable bonds is 9. The Hall–Kier alpha value is -4.32. The van der Waals surface area contributed by atoms with Gasteiger partial charge in [-0.2, -0.15) is 0 Å². The number of Topliss-reactive ketones (excluding diaryl/α,β-unsaturated/α-hetero) is 1. The number of carbonyl (C=O) groups is 2. The second-order valence-corrected chi connectivity index (χ2v) is 13.3. The Morgan fingerprint density at radius 3 is 2.49 bits per heavy atom. The molecule has 0 radical (unpaired) electrons. The topological polar surface area (TPSA) is 92.6 Å². The van der Waals surface area contributed by atoms with Gasteiger partial charge in [0.25, 0.3) is 5.78 Å². The number of nitrogens with zero attached hydrogens (tertiary/aromatic N) is 3. The molecule has 1 aliphatic heterocycles. The smallest absolute Gasteiger partial charge is 0.301 e. The molecule has 1 atom stereocenters. The van der Waals surface area contributed by atoms with E-state index in [0.717, 1.165) is 26.9 Å². The lowest BCUT2D eigenvalue weighted by atomic mass is 9.95. The molecule has 1 unspecified atom stereocenters. The molecule has 1 saturated heterocycles. The molecule has 6 rings (SSSR count). The molecule has 5 aromatic rings. The van der Waals surface area contributed by atoms with Crippen LogP contribution in [0.25, 0.3) is 5.76 Å². The van der Waals surface area contributed by atoms with Crippen molar-refractivity contribution < 1.29 is 23.8 Å². The molecule has 1 fully saturated rings. The van der Waals surface area contributed by atoms with E-state index in [4.69, 9.17) is 4.74 Å². The number of hydrogen-bond donors (Lipinski definition) is 1. The Balaban J connectivity index is 1.30. The fourth-order valence-electron chi connectivity index (χ4n) is 4.94. The van der Waals surface area contributed by atoms with Crippen LogP contribution in [0.15, 0.2) is 111 Å². The van der Waals surface area contributed by atoms with Gasteiger partial charge < -0.3 is 9.84 Å². The molecular weight excluding hydrogens is 677 g/mol. The summed E-state index contributed by atoms with van der Waals surface area (Å²) in [5, 5.41) is 20.1. The highest BCUT2D eigenvalue weighted by atomic mass is 79.9. The molecule has 11 heteroatoms. The van der Waals surface area contributed by atoms with Crippen molar-refractivity contribution in [2.75, 3.05) is 4.90 Å². The number of carbonyl (C=O) groups excluding carboxylic acids is 2. The standard InChI is InChI=1S/C34H25BrFN3O4S2/c1-20-5-4-6-21(17-20)18-43-26-15-11-23(12-16-26)30(40)28-29(22-9-13-25(35)14-10-22)39(32(42)31(28)41)33-37-38-34(45-33)44-19-24-7-2-3-8-27(24)36/h2-17,29,40H,18-19H2,1H3/b30-28+. The number of benzene rings is 4. The van der Waals surface area contributed by atoms with Crippen molar-refractivity contribution in [1.29, 1.82) is 0 Å². The van der Waals surface area contributed by atoms with Crippen molar-refractivity contribution in [2.45, 2.75) is 29.7 Å². The molecule has 0 saturated carbocycles. The quantitative estimate of drug-likeness (QED) is 0.0544. The number of anilines is 1. The predicted octanol–water partition coefficient (Wildman–Crippen LogP) is 8.25. The van der Waals surface area contributed by atoms with Gasteiger partial charge in [-0.25, -0.2) is 4.39 Å². The first-order valence-corrected chi connectivity index (χ1v) is 16.4. The highest BCUT2D eigenvalue weighted by molar-refractivity contribution is 9.10. The van der Waals surface area contributed by atoms with Crippen molar-refractivity contribution in [3.8, 4) is 5.75 Å². The summed E-state index contributed by atoms with van der Waals surface area (Å²) in [4.78, 5) is 28.3. The Labute approximate surface area is 275 Å². The Kier molecular flexibility index (Phi) is 9.11. The number of aryl methyl sites for hydroxylation is 1. The summed E-state index contributed by atoms with van der Waals surface area (Å²) < 4.78 is 21.4. The van der Waals surface area contributed by atoms with Crippen LogP contribution in [0.4, 0.5) is 9.52 Å². The highest BCUT2D eigenvalue weighted by Gasteiger charge is 2.48. The van der Waals surface area contributed by atoms with Gasteiger partial charge in [0, 0.05) is 15.8 Å². The zero-order chi connectivity index (χ0) is 31.5. The van der Waals surface area contributed by atoms with E-state index < -0.39 is 17.7 Å². The predicted molar refractivity (Wildman–Crippen MR) is 177 cm³/mol. The maximum atomic E-state index is 14.1. The Morgan fingerprint density at radius 2 is 1.76 bits per heavy atom. The van der Waals surface area contributed by atoms with E-state index in [1.165, 1.54) is 22.7 Å². The number of hydrogen-bond acceptors (Lipinski definition) is 8. The van der Waals surface area contributed by atoms with Crippen molar-refractivity contribution in [2.24, 2.45) is 0 Å². The summed E-state index contributed by atoms with van der Waals surface area (Å²) in [6, 6.07) is 27.4. The summed E-state index contributed by atoms with van der Waals surface area (Å²) in [5.74, 6) is -1.39. The number of thioether (sulfide) groups is 1. The first kappa shape index (κ1) is 30.7. The molecule has 1 aliphatic rings. The van der Waals surface area contributed by atoms with Crippen molar-refractivity contribution >= 4 is 61.6 Å². The summed E-state index contributed by atoms with van der Waals surface area (Å²) in [6.45, 7) is 2.40. The maximum Gasteiger partial charge on any atom is 0.301 e. The SMILES string of the molecule is Cc1cccc(COc2ccc(/C(O)=C3\C(=O)C(=O)N(c4nnc(SCc5ccccc5F)s4)C3c3ccc(Br)cc3)cc2)c1. The van der Waals surface area contributed by atoms with Crippen LogP contribution in [0.1, 0.15) is 33.9 Å². The van der Waals surface area contributed by atoms with Crippen LogP contribution in [0.2, 0.25) is 0 Å². The van der Waals surface area contributed by atoms with Gasteiger partial charge in [0.1, 0.15) is 23.9 Å². The Bertz CT molecular complexity index is 1910. The molecule has 1 aromatic heterocycles. The fraction of sp³-hybridized carbons (Fsp3) is 0.118. The summed E-state index contributed by atoms with van der Waals surface area (Å²) in [6.07, 6.45) is 0. The van der Waals surface area contributed by atoms with Crippen LogP contribution in [-0.4, -0.2) is 27.0 Å². The lowest BCUT2D eigenvalue weighted by Gasteiger charge is -2.22. The van der Waals surface area contributed by atoms with E-state index in [0.29, 0.717) is 39.1 Å². The van der Waals surface area contributed by atoms with Crippen molar-refractivity contribution in [1.82, 2.24) is 10.2 Å². The fourth-order valence-corrected chi connectivity index (χ4v) is 7.05. The summed E-state index contributed by atoms with van der Waals surface area (Å²) in [7, 11) is 0. The minimum Gasteiger partial charge on any atom is -0.507 e. The monoisotopic (exact) mass is 701 g/mol. The molecule has 1 N–H and O–H groups in total. The van der Waals surface area contributed by atoms with Crippen molar-refractivity contribution in [3.63, 3.8) is 0 Å². The molecule has 1 amide bonds. The lowest BCUT2D eigenvalue weighted by Crippen LogP contribution is -2.29. The van der Waals surface area contributed by atoms with E-state index in [-0.39, 0.29) is 22.3 Å². The second-order valence-electron chi connectivity index (χ2n) is 10.3. The molecule has 226 valence electrons. The van der Waals surface area contributed by atoms with Gasteiger partial charge in [-0.15, -0.1) is 10.2 Å². The third-order valence-corrected chi connectivity index (χ3v) is 9.79. The summed E-state index contributed by atoms with van der Waals surface area (Å²) in [5.41, 5.74) is 3.58. The maximum absolute atomic E-state index is 14.1. The number of halogens is 2. The van der Waals surface area contributed by atoms with E-state index in [1.54, 1.807) is 66.7 Å². The van der Waals surface area contributed by atoms with Crippen LogP contribution >= 0.6 is 39.0 Å². The van der Waals surface area contributed by atoms with E-state index in [2.05, 4.69) is 26.1 Å². The number of amides is 1. The third kappa shape index (κ3) is 6.70. The zero-order valence-electron chi connectivity index (χ0n) is 23.8. The Morgan fingerprint density at radius 1 is 1.00 bits per heavy atom. The van der Waals surface area contributed by atoms with Gasteiger partial charge in [-0.05, 0) is 66.1 Å². The molecule has 0 aliphatic carbocycles. The molecular formula is C34H25BrFN3O4S2. The van der Waals surface area contributed by atoms with Gasteiger partial charge >= 0.3 is 5.91 Å². The number of aliphatic hydroxyl groups excluding tert-OH is 1. The van der Waals surface area contributed by atoms with E-state index in [1.807, 2.05) is 31.2 Å². The molecule has 45 heavy (non-hydrogen) atoms. The van der Waals surface area contributed by atoms with Gasteiger partial charge in [-0.1, -0.05) is 99.2 Å². The van der Waals surface area contributed by atoms with E-state index in [9.17, 15) is 19.1 Å². The van der Waals surface area contributed by atoms with Gasteiger partial charge in [0.2, 0.25) is 5.13 Å². The molecule has 0 bridgehead atoms. The molecule has 0 spiro atoms. The molecule has 4 aromatic carbocycles. The highest BCUT2D eigenvalue weighted by Crippen LogP contribution is 2.44. The van der Waals surface area contributed by atoms with Gasteiger partial charge in [-0.3, -0.25) is 14.5 Å². The van der Waals surface area contributed by atoms with Crippen LogP contribution in [-0.2, 0) is 21.9 Å². The minimum atomic E-state index is -0.951. The second kappa shape index (κ2) is 13.4. The minimum absolute atomic E-state index is 0.0634. The first-order valence-electron chi connectivity index (χ1n) is 13.8. The van der Waals surface area contributed by atoms with Crippen LogP contribution in [0.5, 0.6) is 5.75 Å². The van der Waals surface area contributed by atoms with E-state index >= 15 is 0 Å². The number of ether oxygens (including phenoxy) is 1. The molecule has 7 nitrogen and oxygen atoms in total. The van der Waals surface area contributed by atoms with Crippen molar-refractivity contribution in [3.05, 3.63) is 141 Å². The largest absolute Gasteiger partial charge is 0.507 e. The molecule has 2 heterocycles. The number of aromatic nitrogens is 2. The van der Waals surface area contributed by atoms with Crippen LogP contribution in [0, 0.1) is 12.7 Å². The zero-order valence-corrected chi connectivity index (χ0v) is 27.0. The third-order valence-electron chi connectivity index (χ3n) is 7.16. The van der Waals surface area contributed by atoms with Gasteiger partial charge in [0.05, 0.1) is 11.6 Å². The van der Waals surface area contributed by atoms with Crippen LogP contribution in [0.3, 0.4) is 0 Å². The van der Waals surface area contributed by atoms with Crippen LogP contribution < -0.4 is 9.64 Å². The summed E-state index contributed by atoms with van der Waals surface area (Å²) >= 11 is 5.83. The normalized spacial score (nSPS) is 15.9. The first-order chi connectivity index (χ1) is 21.8. The lowest BCUT2D eigenvalue weighted by molar-refractivity contribution is -0.132. The average molecular weight is 703 g/mol. The number of aliphatic hydroxyl groups is 1.